The molecule has 0 aliphatic carbocycles. The summed E-state index contributed by atoms with van der Waals surface area (Å²) in [4.78, 5) is 5.73. The maximum absolute atomic E-state index is 5.81. The molecule has 0 unspecified atom stereocenters. The Kier molecular flexibility index (Phi) is 5.18. The van der Waals surface area contributed by atoms with E-state index in [1.165, 1.54) is 17.3 Å². The highest BCUT2D eigenvalue weighted by Crippen LogP contribution is 2.36. The van der Waals surface area contributed by atoms with Gasteiger partial charge in [-0.3, -0.25) is 0 Å². The Labute approximate surface area is 182 Å². The quantitative estimate of drug-likeness (QED) is 0.342. The molecule has 0 atom stereocenters. The van der Waals surface area contributed by atoms with Gasteiger partial charge in [-0.2, -0.15) is 0 Å². The molecule has 2 aromatic carbocycles. The second-order valence-corrected chi connectivity index (χ2v) is 9.18. The lowest BCUT2D eigenvalue weighted by Gasteiger charge is -2.05. The minimum absolute atomic E-state index is 0.239. The third-order valence-electron chi connectivity index (χ3n) is 4.74. The van der Waals surface area contributed by atoms with Crippen molar-refractivity contribution in [3.63, 3.8) is 0 Å². The zero-order valence-corrected chi connectivity index (χ0v) is 18.1. The second kappa shape index (κ2) is 8.12. The first kappa shape index (κ1) is 19.1. The highest BCUT2D eigenvalue weighted by molar-refractivity contribution is 7.98. The molecule has 2 aromatic heterocycles. The highest BCUT2D eigenvalue weighted by atomic mass is 32.2. The Morgan fingerprint density at radius 2 is 1.80 bits per heavy atom. The number of hydrogen-bond acceptors (Lipinski definition) is 8. The molecule has 0 spiro atoms. The van der Waals surface area contributed by atoms with Crippen molar-refractivity contribution < 1.29 is 13.9 Å². The predicted molar refractivity (Wildman–Crippen MR) is 117 cm³/mol. The fraction of sp³-hybridized carbons (Fsp3) is 0.227. The molecule has 0 bridgehead atoms. The molecule has 30 heavy (non-hydrogen) atoms. The van der Waals surface area contributed by atoms with Crippen LogP contribution in [0.2, 0.25) is 0 Å². The van der Waals surface area contributed by atoms with Crippen LogP contribution < -0.4 is 9.47 Å². The number of fused-ring (bicyclic) bond motifs is 1. The minimum Gasteiger partial charge on any atom is -0.454 e. The van der Waals surface area contributed by atoms with Gasteiger partial charge in [-0.05, 0) is 29.7 Å². The van der Waals surface area contributed by atoms with Crippen LogP contribution in [0.1, 0.15) is 30.2 Å². The molecule has 6 nitrogen and oxygen atoms in total. The summed E-state index contributed by atoms with van der Waals surface area (Å²) in [5, 5.41) is 9.85. The Hall–Kier alpha value is -2.84. The Morgan fingerprint density at radius 1 is 1.00 bits per heavy atom. The van der Waals surface area contributed by atoms with Crippen molar-refractivity contribution in [1.29, 1.82) is 0 Å². The van der Waals surface area contributed by atoms with Crippen LogP contribution >= 0.6 is 23.1 Å². The summed E-state index contributed by atoms with van der Waals surface area (Å²) in [5.41, 5.74) is 3.28. The topological polar surface area (TPSA) is 70.3 Å². The van der Waals surface area contributed by atoms with Crippen LogP contribution in [0.3, 0.4) is 0 Å². The standard InChI is InChI=1S/C22H19N3O3S2/c1-13(2)14-3-5-15(6-4-14)21-23-10-17(30-21)11-29-22-25-24-20(28-22)16-7-8-18-19(9-16)27-12-26-18/h3-10,13H,11-12H2,1-2H3. The molecule has 0 radical (unpaired) electrons. The van der Waals surface area contributed by atoms with Gasteiger partial charge in [-0.1, -0.05) is 49.9 Å². The number of nitrogens with zero attached hydrogens (tertiary/aromatic N) is 3. The SMILES string of the molecule is CC(C)c1ccc(-c2ncc(CSc3nnc(-c4ccc5c(c4)OCO5)o3)s2)cc1. The Bertz CT molecular complexity index is 1170. The van der Waals surface area contributed by atoms with Crippen LogP contribution in [0.15, 0.2) is 58.3 Å². The minimum atomic E-state index is 0.239. The fourth-order valence-corrected chi connectivity index (χ4v) is 4.77. The lowest BCUT2D eigenvalue weighted by atomic mass is 10.0. The van der Waals surface area contributed by atoms with Gasteiger partial charge in [0.15, 0.2) is 11.5 Å². The van der Waals surface area contributed by atoms with Crippen molar-refractivity contribution in [1.82, 2.24) is 15.2 Å². The van der Waals surface area contributed by atoms with E-state index in [9.17, 15) is 0 Å². The van der Waals surface area contributed by atoms with Crippen molar-refractivity contribution >= 4 is 23.1 Å². The van der Waals surface area contributed by atoms with Gasteiger partial charge in [-0.25, -0.2) is 4.98 Å². The smallest absolute Gasteiger partial charge is 0.277 e. The van der Waals surface area contributed by atoms with Gasteiger partial charge in [0.1, 0.15) is 5.01 Å². The highest BCUT2D eigenvalue weighted by Gasteiger charge is 2.17. The summed E-state index contributed by atoms with van der Waals surface area (Å²) < 4.78 is 16.5. The summed E-state index contributed by atoms with van der Waals surface area (Å²) in [6.45, 7) is 4.63. The predicted octanol–water partition coefficient (Wildman–Crippen LogP) is 6.00. The molecule has 1 aliphatic rings. The average Bonchev–Trinajstić information content (AvgIpc) is 3.52. The summed E-state index contributed by atoms with van der Waals surface area (Å²) in [7, 11) is 0. The van der Waals surface area contributed by atoms with E-state index in [-0.39, 0.29) is 6.79 Å². The van der Waals surface area contributed by atoms with Crippen LogP contribution in [-0.2, 0) is 5.75 Å². The molecular weight excluding hydrogens is 418 g/mol. The largest absolute Gasteiger partial charge is 0.454 e. The molecule has 0 amide bonds. The Balaban J connectivity index is 1.24. The fourth-order valence-electron chi connectivity index (χ4n) is 3.07. The van der Waals surface area contributed by atoms with E-state index in [2.05, 4.69) is 53.3 Å². The van der Waals surface area contributed by atoms with Gasteiger partial charge in [0.25, 0.3) is 5.22 Å². The van der Waals surface area contributed by atoms with Crippen LogP contribution in [0.25, 0.3) is 22.0 Å². The van der Waals surface area contributed by atoms with E-state index in [1.54, 1.807) is 11.3 Å². The van der Waals surface area contributed by atoms with Crippen molar-refractivity contribution in [3.05, 3.63) is 59.1 Å². The van der Waals surface area contributed by atoms with Crippen LogP contribution in [0.4, 0.5) is 0 Å². The molecule has 0 N–H and O–H groups in total. The number of hydrogen-bond donors (Lipinski definition) is 0. The molecule has 4 aromatic rings. The maximum atomic E-state index is 5.81. The third-order valence-corrected chi connectivity index (χ3v) is 6.84. The number of benzene rings is 2. The maximum Gasteiger partial charge on any atom is 0.277 e. The molecule has 0 saturated carbocycles. The third kappa shape index (κ3) is 3.93. The second-order valence-electron chi connectivity index (χ2n) is 7.14. The van der Waals surface area contributed by atoms with E-state index in [0.717, 1.165) is 32.5 Å². The first-order valence-corrected chi connectivity index (χ1v) is 11.4. The van der Waals surface area contributed by atoms with Gasteiger partial charge in [0.05, 0.1) is 0 Å². The zero-order chi connectivity index (χ0) is 20.5. The molecular formula is C22H19N3O3S2. The van der Waals surface area contributed by atoms with Crippen LogP contribution in [0.5, 0.6) is 11.5 Å². The number of ether oxygens (including phenoxy) is 2. The number of rotatable bonds is 6. The summed E-state index contributed by atoms with van der Waals surface area (Å²) >= 11 is 3.19. The summed E-state index contributed by atoms with van der Waals surface area (Å²) in [6.07, 6.45) is 1.92. The lowest BCUT2D eigenvalue weighted by Crippen LogP contribution is -1.92. The number of thiazole rings is 1. The van der Waals surface area contributed by atoms with Crippen LogP contribution in [0, 0.1) is 0 Å². The molecule has 0 saturated heterocycles. The molecule has 0 fully saturated rings. The number of thioether (sulfide) groups is 1. The average molecular weight is 438 g/mol. The van der Waals surface area contributed by atoms with E-state index in [1.807, 2.05) is 24.4 Å². The first-order valence-electron chi connectivity index (χ1n) is 9.57. The van der Waals surface area contributed by atoms with Gasteiger partial charge < -0.3 is 13.9 Å². The van der Waals surface area contributed by atoms with Crippen molar-refractivity contribution in [3.8, 4) is 33.5 Å². The molecule has 152 valence electrons. The van der Waals surface area contributed by atoms with Gasteiger partial charge in [0.2, 0.25) is 12.7 Å². The summed E-state index contributed by atoms with van der Waals surface area (Å²) in [6, 6.07) is 14.2. The van der Waals surface area contributed by atoms with E-state index >= 15 is 0 Å². The van der Waals surface area contributed by atoms with Gasteiger partial charge >= 0.3 is 0 Å². The molecule has 8 heteroatoms. The van der Waals surface area contributed by atoms with E-state index in [0.29, 0.717) is 22.8 Å². The molecule has 5 rings (SSSR count). The molecule has 3 heterocycles. The van der Waals surface area contributed by atoms with Gasteiger partial charge in [0, 0.05) is 28.0 Å². The van der Waals surface area contributed by atoms with Crippen molar-refractivity contribution in [2.75, 3.05) is 6.79 Å². The summed E-state index contributed by atoms with van der Waals surface area (Å²) in [5.74, 6) is 3.14. The van der Waals surface area contributed by atoms with E-state index in [4.69, 9.17) is 13.9 Å². The lowest BCUT2D eigenvalue weighted by molar-refractivity contribution is 0.174. The van der Waals surface area contributed by atoms with Crippen LogP contribution in [-0.4, -0.2) is 22.0 Å². The monoisotopic (exact) mass is 437 g/mol. The Morgan fingerprint density at radius 3 is 2.63 bits per heavy atom. The normalized spacial score (nSPS) is 12.6. The number of aromatic nitrogens is 3. The van der Waals surface area contributed by atoms with E-state index < -0.39 is 0 Å². The first-order chi connectivity index (χ1) is 14.7. The van der Waals surface area contributed by atoms with Crippen molar-refractivity contribution in [2.24, 2.45) is 0 Å². The van der Waals surface area contributed by atoms with Gasteiger partial charge in [-0.15, -0.1) is 21.5 Å². The zero-order valence-electron chi connectivity index (χ0n) is 16.5. The molecule has 1 aliphatic heterocycles. The van der Waals surface area contributed by atoms with Crippen molar-refractivity contribution in [2.45, 2.75) is 30.7 Å².